The maximum atomic E-state index is 5.47. The standard InChI is InChI=1S/C12H19N5O/c1-9(2)18-8-4-7-13-11-5-6-12-15-14-10(3)17(12)16-11/h5-6,9H,4,7-8H2,1-3H3,(H,13,16). The molecule has 0 aliphatic heterocycles. The van der Waals surface area contributed by atoms with E-state index in [4.69, 9.17) is 4.74 Å². The summed E-state index contributed by atoms with van der Waals surface area (Å²) in [6.07, 6.45) is 1.25. The van der Waals surface area contributed by atoms with Crippen molar-refractivity contribution < 1.29 is 4.74 Å². The number of anilines is 1. The molecule has 18 heavy (non-hydrogen) atoms. The van der Waals surface area contributed by atoms with Gasteiger partial charge >= 0.3 is 0 Å². The van der Waals surface area contributed by atoms with Crippen LogP contribution in [0.1, 0.15) is 26.1 Å². The smallest absolute Gasteiger partial charge is 0.178 e. The van der Waals surface area contributed by atoms with Crippen molar-refractivity contribution in [3.8, 4) is 0 Å². The van der Waals surface area contributed by atoms with Gasteiger partial charge in [-0.3, -0.25) is 0 Å². The van der Waals surface area contributed by atoms with E-state index in [0.29, 0.717) is 6.10 Å². The average Bonchev–Trinajstić information content (AvgIpc) is 2.70. The summed E-state index contributed by atoms with van der Waals surface area (Å²) in [5.74, 6) is 1.62. The second-order valence-corrected chi connectivity index (χ2v) is 4.44. The average molecular weight is 249 g/mol. The molecule has 0 spiro atoms. The van der Waals surface area contributed by atoms with Gasteiger partial charge in [0.2, 0.25) is 0 Å². The van der Waals surface area contributed by atoms with E-state index >= 15 is 0 Å². The molecule has 0 fully saturated rings. The van der Waals surface area contributed by atoms with Crippen molar-refractivity contribution >= 4 is 11.5 Å². The van der Waals surface area contributed by atoms with Gasteiger partial charge in [-0.1, -0.05) is 0 Å². The molecule has 0 bridgehead atoms. The lowest BCUT2D eigenvalue weighted by Gasteiger charge is -2.08. The number of hydrogen-bond acceptors (Lipinski definition) is 5. The van der Waals surface area contributed by atoms with Gasteiger partial charge in [-0.25, -0.2) is 0 Å². The molecule has 2 aromatic rings. The Morgan fingerprint density at radius 1 is 1.33 bits per heavy atom. The summed E-state index contributed by atoms with van der Waals surface area (Å²) in [7, 11) is 0. The topological polar surface area (TPSA) is 64.3 Å². The predicted octanol–water partition coefficient (Wildman–Crippen LogP) is 1.66. The van der Waals surface area contributed by atoms with Gasteiger partial charge in [-0.15, -0.1) is 15.3 Å². The summed E-state index contributed by atoms with van der Waals surface area (Å²) in [5, 5.41) is 15.6. The third-order valence-electron chi connectivity index (χ3n) is 2.50. The molecule has 0 saturated heterocycles. The van der Waals surface area contributed by atoms with Crippen LogP contribution >= 0.6 is 0 Å². The summed E-state index contributed by atoms with van der Waals surface area (Å²) in [6, 6.07) is 3.81. The van der Waals surface area contributed by atoms with Gasteiger partial charge in [0, 0.05) is 13.2 Å². The number of aryl methyl sites for hydroxylation is 1. The molecule has 0 aromatic carbocycles. The molecule has 2 aromatic heterocycles. The van der Waals surface area contributed by atoms with E-state index in [-0.39, 0.29) is 0 Å². The maximum Gasteiger partial charge on any atom is 0.178 e. The summed E-state index contributed by atoms with van der Waals surface area (Å²) in [5.41, 5.74) is 0.765. The minimum absolute atomic E-state index is 0.291. The van der Waals surface area contributed by atoms with E-state index in [9.17, 15) is 0 Å². The van der Waals surface area contributed by atoms with Gasteiger partial charge in [0.25, 0.3) is 0 Å². The van der Waals surface area contributed by atoms with Gasteiger partial charge in [0.1, 0.15) is 5.82 Å². The number of nitrogens with one attached hydrogen (secondary N) is 1. The molecule has 2 heterocycles. The van der Waals surface area contributed by atoms with Gasteiger partial charge < -0.3 is 10.1 Å². The Balaban J connectivity index is 1.86. The van der Waals surface area contributed by atoms with Gasteiger partial charge in [-0.05, 0) is 39.3 Å². The van der Waals surface area contributed by atoms with Gasteiger partial charge in [0.15, 0.2) is 11.5 Å². The third kappa shape index (κ3) is 3.16. The quantitative estimate of drug-likeness (QED) is 0.789. The zero-order chi connectivity index (χ0) is 13.0. The van der Waals surface area contributed by atoms with Crippen LogP contribution in [0, 0.1) is 6.92 Å². The lowest BCUT2D eigenvalue weighted by molar-refractivity contribution is 0.0787. The molecule has 6 nitrogen and oxygen atoms in total. The molecule has 0 atom stereocenters. The Morgan fingerprint density at radius 2 is 2.17 bits per heavy atom. The van der Waals surface area contributed by atoms with Crippen LogP contribution in [-0.4, -0.2) is 39.1 Å². The molecule has 0 unspecified atom stereocenters. The van der Waals surface area contributed by atoms with Crippen LogP contribution in [0.15, 0.2) is 12.1 Å². The van der Waals surface area contributed by atoms with Gasteiger partial charge in [-0.2, -0.15) is 4.52 Å². The molecular formula is C12H19N5O. The molecule has 0 amide bonds. The molecular weight excluding hydrogens is 230 g/mol. The summed E-state index contributed by atoms with van der Waals surface area (Å²) in [6.45, 7) is 7.56. The fourth-order valence-corrected chi connectivity index (χ4v) is 1.60. The van der Waals surface area contributed by atoms with Crippen molar-refractivity contribution in [1.82, 2.24) is 19.8 Å². The Labute approximate surface area is 106 Å². The van der Waals surface area contributed by atoms with Crippen molar-refractivity contribution in [2.45, 2.75) is 33.3 Å². The van der Waals surface area contributed by atoms with Crippen LogP contribution in [0.3, 0.4) is 0 Å². The number of ether oxygens (including phenoxy) is 1. The summed E-state index contributed by atoms with van der Waals surface area (Å²) < 4.78 is 7.20. The zero-order valence-corrected chi connectivity index (χ0v) is 11.1. The second-order valence-electron chi connectivity index (χ2n) is 4.44. The number of nitrogens with zero attached hydrogens (tertiary/aromatic N) is 4. The van der Waals surface area contributed by atoms with E-state index in [1.54, 1.807) is 4.52 Å². The molecule has 2 rings (SSSR count). The minimum Gasteiger partial charge on any atom is -0.379 e. The molecule has 0 radical (unpaired) electrons. The summed E-state index contributed by atoms with van der Waals surface area (Å²) in [4.78, 5) is 0. The largest absolute Gasteiger partial charge is 0.379 e. The first-order valence-electron chi connectivity index (χ1n) is 6.21. The van der Waals surface area contributed by atoms with Crippen molar-refractivity contribution in [1.29, 1.82) is 0 Å². The Morgan fingerprint density at radius 3 is 2.94 bits per heavy atom. The Hall–Kier alpha value is -1.69. The minimum atomic E-state index is 0.291. The monoisotopic (exact) mass is 249 g/mol. The van der Waals surface area contributed by atoms with Crippen LogP contribution in [-0.2, 0) is 4.74 Å². The Kier molecular flexibility index (Phi) is 4.09. The van der Waals surface area contributed by atoms with Crippen molar-refractivity contribution in [3.63, 3.8) is 0 Å². The van der Waals surface area contributed by atoms with Crippen LogP contribution in [0.4, 0.5) is 5.82 Å². The maximum absolute atomic E-state index is 5.47. The number of hydrogen-bond donors (Lipinski definition) is 1. The lowest BCUT2D eigenvalue weighted by atomic mass is 10.4. The molecule has 0 aliphatic carbocycles. The van der Waals surface area contributed by atoms with E-state index in [0.717, 1.165) is 36.9 Å². The van der Waals surface area contributed by atoms with Crippen molar-refractivity contribution in [2.75, 3.05) is 18.5 Å². The Bertz CT molecular complexity index is 508. The van der Waals surface area contributed by atoms with Crippen molar-refractivity contribution in [2.24, 2.45) is 0 Å². The molecule has 0 saturated carbocycles. The second kappa shape index (κ2) is 5.77. The molecule has 6 heteroatoms. The summed E-state index contributed by atoms with van der Waals surface area (Å²) >= 11 is 0. The van der Waals surface area contributed by atoms with Crippen molar-refractivity contribution in [3.05, 3.63) is 18.0 Å². The highest BCUT2D eigenvalue weighted by molar-refractivity contribution is 5.43. The van der Waals surface area contributed by atoms with E-state index < -0.39 is 0 Å². The van der Waals surface area contributed by atoms with E-state index in [1.807, 2.05) is 32.9 Å². The molecule has 0 aliphatic rings. The zero-order valence-electron chi connectivity index (χ0n) is 11.1. The lowest BCUT2D eigenvalue weighted by Crippen LogP contribution is -2.10. The fraction of sp³-hybridized carbons (Fsp3) is 0.583. The predicted molar refractivity (Wildman–Crippen MR) is 69.7 cm³/mol. The number of aromatic nitrogens is 4. The highest BCUT2D eigenvalue weighted by Gasteiger charge is 2.02. The molecule has 98 valence electrons. The first kappa shape index (κ1) is 12.8. The fourth-order valence-electron chi connectivity index (χ4n) is 1.60. The third-order valence-corrected chi connectivity index (χ3v) is 2.50. The van der Waals surface area contributed by atoms with E-state index in [1.165, 1.54) is 0 Å². The SMILES string of the molecule is Cc1nnc2ccc(NCCCOC(C)C)nn12. The number of fused-ring (bicyclic) bond motifs is 1. The normalized spacial score (nSPS) is 11.3. The first-order chi connectivity index (χ1) is 8.66. The van der Waals surface area contributed by atoms with Crippen LogP contribution in [0.25, 0.3) is 5.65 Å². The highest BCUT2D eigenvalue weighted by Crippen LogP contribution is 2.06. The van der Waals surface area contributed by atoms with Gasteiger partial charge in [0.05, 0.1) is 6.10 Å². The number of rotatable bonds is 6. The highest BCUT2D eigenvalue weighted by atomic mass is 16.5. The van der Waals surface area contributed by atoms with Crippen LogP contribution < -0.4 is 5.32 Å². The first-order valence-corrected chi connectivity index (χ1v) is 6.21. The van der Waals surface area contributed by atoms with Crippen LogP contribution in [0.2, 0.25) is 0 Å². The molecule has 1 N–H and O–H groups in total. The van der Waals surface area contributed by atoms with E-state index in [2.05, 4.69) is 20.6 Å². The van der Waals surface area contributed by atoms with Crippen LogP contribution in [0.5, 0.6) is 0 Å².